The number of nitrogens with one attached hydrogen (secondary N) is 2. The molecule has 9 heteroatoms. The quantitative estimate of drug-likeness (QED) is 0.414. The van der Waals surface area contributed by atoms with Crippen molar-refractivity contribution in [3.8, 4) is 11.5 Å². The van der Waals surface area contributed by atoms with Crippen LogP contribution in [0.4, 0.5) is 11.4 Å². The highest BCUT2D eigenvalue weighted by atomic mass is 32.2. The van der Waals surface area contributed by atoms with Crippen LogP contribution < -0.4 is 20.1 Å². The number of ether oxygens (including phenoxy) is 2. The van der Waals surface area contributed by atoms with Gasteiger partial charge in [0.05, 0.1) is 16.8 Å². The number of hydrogen-bond acceptors (Lipinski definition) is 7. The van der Waals surface area contributed by atoms with Crippen LogP contribution in [0.15, 0.2) is 78.1 Å². The molecule has 5 rings (SSSR count). The fourth-order valence-electron chi connectivity index (χ4n) is 3.34. The van der Waals surface area contributed by atoms with Crippen LogP contribution in [0.3, 0.4) is 0 Å². The largest absolute Gasteiger partial charge is 0.454 e. The van der Waals surface area contributed by atoms with Crippen LogP contribution in [-0.4, -0.2) is 34.3 Å². The Balaban J connectivity index is 1.24. The maximum Gasteiger partial charge on any atom is 0.258 e. The van der Waals surface area contributed by atoms with E-state index in [-0.39, 0.29) is 24.4 Å². The Morgan fingerprint density at radius 1 is 0.879 bits per heavy atom. The Kier molecular flexibility index (Phi) is 5.77. The number of fused-ring (bicyclic) bond motifs is 2. The van der Waals surface area contributed by atoms with Gasteiger partial charge in [0, 0.05) is 35.2 Å². The minimum absolute atomic E-state index is 0.0907. The molecule has 0 spiro atoms. The van der Waals surface area contributed by atoms with E-state index in [1.807, 2.05) is 24.3 Å². The van der Waals surface area contributed by atoms with E-state index in [0.29, 0.717) is 33.5 Å². The number of anilines is 2. The molecule has 0 atom stereocenters. The molecule has 0 aliphatic carbocycles. The van der Waals surface area contributed by atoms with E-state index < -0.39 is 0 Å². The van der Waals surface area contributed by atoms with Gasteiger partial charge in [0.2, 0.25) is 12.7 Å². The first-order valence-electron chi connectivity index (χ1n) is 10.1. The van der Waals surface area contributed by atoms with Crippen molar-refractivity contribution in [1.82, 2.24) is 9.97 Å². The maximum absolute atomic E-state index is 12.9. The number of nitrogens with zero attached hydrogens (tertiary/aromatic N) is 2. The molecule has 2 amide bonds. The van der Waals surface area contributed by atoms with Gasteiger partial charge in [-0.2, -0.15) is 0 Å². The van der Waals surface area contributed by atoms with Crippen molar-refractivity contribution in [2.75, 3.05) is 23.2 Å². The topological polar surface area (TPSA) is 102 Å². The van der Waals surface area contributed by atoms with Gasteiger partial charge < -0.3 is 20.1 Å². The second kappa shape index (κ2) is 9.17. The zero-order chi connectivity index (χ0) is 22.6. The van der Waals surface area contributed by atoms with Gasteiger partial charge >= 0.3 is 0 Å². The number of hydrogen-bond donors (Lipinski definition) is 2. The molecule has 0 radical (unpaired) electrons. The summed E-state index contributed by atoms with van der Waals surface area (Å²) in [5, 5.41) is 7.11. The highest BCUT2D eigenvalue weighted by Gasteiger charge is 2.17. The molecule has 3 heterocycles. The molecule has 2 aromatic carbocycles. The second-order valence-corrected chi connectivity index (χ2v) is 8.09. The summed E-state index contributed by atoms with van der Waals surface area (Å²) in [6, 6.07) is 17.9. The van der Waals surface area contributed by atoms with E-state index in [1.54, 1.807) is 48.8 Å². The predicted molar refractivity (Wildman–Crippen MR) is 126 cm³/mol. The maximum atomic E-state index is 12.9. The Morgan fingerprint density at radius 3 is 2.61 bits per heavy atom. The third-order valence-electron chi connectivity index (χ3n) is 4.87. The van der Waals surface area contributed by atoms with Gasteiger partial charge in [0.25, 0.3) is 5.91 Å². The molecule has 0 saturated heterocycles. The summed E-state index contributed by atoms with van der Waals surface area (Å²) in [6.07, 6.45) is 3.32. The van der Waals surface area contributed by atoms with Crippen molar-refractivity contribution in [1.29, 1.82) is 0 Å². The van der Waals surface area contributed by atoms with E-state index in [9.17, 15) is 9.59 Å². The number of carbonyl (C=O) groups is 2. The van der Waals surface area contributed by atoms with Gasteiger partial charge in [-0.05, 0) is 48.5 Å². The van der Waals surface area contributed by atoms with E-state index >= 15 is 0 Å². The number of pyridine rings is 2. The van der Waals surface area contributed by atoms with Gasteiger partial charge in [-0.15, -0.1) is 0 Å². The number of aromatic nitrogens is 2. The van der Waals surface area contributed by atoms with Gasteiger partial charge in [-0.3, -0.25) is 14.6 Å². The number of carbonyl (C=O) groups excluding carboxylic acids is 2. The fourth-order valence-corrected chi connectivity index (χ4v) is 4.13. The van der Waals surface area contributed by atoms with Crippen LogP contribution in [0.2, 0.25) is 0 Å². The molecule has 0 unspecified atom stereocenters. The first kappa shape index (κ1) is 20.8. The number of rotatable bonds is 6. The molecule has 2 aromatic heterocycles. The highest BCUT2D eigenvalue weighted by molar-refractivity contribution is 8.00. The average Bonchev–Trinajstić information content (AvgIpc) is 3.31. The van der Waals surface area contributed by atoms with Crippen molar-refractivity contribution >= 4 is 45.9 Å². The minimum atomic E-state index is -0.301. The van der Waals surface area contributed by atoms with E-state index in [0.717, 1.165) is 10.9 Å². The average molecular weight is 458 g/mol. The van der Waals surface area contributed by atoms with Crippen LogP contribution >= 0.6 is 11.8 Å². The predicted octanol–water partition coefficient (Wildman–Crippen LogP) is 4.34. The molecule has 8 nitrogen and oxygen atoms in total. The lowest BCUT2D eigenvalue weighted by molar-refractivity contribution is -0.113. The van der Waals surface area contributed by atoms with Gasteiger partial charge in [-0.25, -0.2) is 4.98 Å². The molecule has 164 valence electrons. The third kappa shape index (κ3) is 4.73. The normalized spacial score (nSPS) is 11.9. The van der Waals surface area contributed by atoms with E-state index in [4.69, 9.17) is 9.47 Å². The smallest absolute Gasteiger partial charge is 0.258 e. The van der Waals surface area contributed by atoms with Crippen LogP contribution in [0.25, 0.3) is 10.9 Å². The van der Waals surface area contributed by atoms with Gasteiger partial charge in [0.15, 0.2) is 11.5 Å². The summed E-state index contributed by atoms with van der Waals surface area (Å²) in [4.78, 5) is 33.9. The van der Waals surface area contributed by atoms with Gasteiger partial charge in [-0.1, -0.05) is 17.8 Å². The highest BCUT2D eigenvalue weighted by Crippen LogP contribution is 2.34. The SMILES string of the molecule is O=C(CSc1ncccc1C(=O)Nc1ccc2ncccc2c1)Nc1ccc2c(c1)OCO2. The Hall–Kier alpha value is -4.11. The monoisotopic (exact) mass is 458 g/mol. The lowest BCUT2D eigenvalue weighted by Crippen LogP contribution is -2.16. The molecule has 0 saturated carbocycles. The zero-order valence-electron chi connectivity index (χ0n) is 17.3. The van der Waals surface area contributed by atoms with Crippen LogP contribution in [0.5, 0.6) is 11.5 Å². The molecular formula is C24H18N4O4S. The first-order valence-corrected chi connectivity index (χ1v) is 11.1. The Bertz CT molecular complexity index is 1360. The molecule has 33 heavy (non-hydrogen) atoms. The van der Waals surface area contributed by atoms with E-state index in [1.165, 1.54) is 11.8 Å². The molecule has 4 aromatic rings. The van der Waals surface area contributed by atoms with Crippen LogP contribution in [0, 0.1) is 0 Å². The Labute approximate surface area is 193 Å². The van der Waals surface area contributed by atoms with Crippen molar-refractivity contribution < 1.29 is 19.1 Å². The molecule has 1 aliphatic rings. The lowest BCUT2D eigenvalue weighted by Gasteiger charge is -2.10. The third-order valence-corrected chi connectivity index (χ3v) is 5.88. The first-order chi connectivity index (χ1) is 16.2. The molecule has 2 N–H and O–H groups in total. The summed E-state index contributed by atoms with van der Waals surface area (Å²) < 4.78 is 10.6. The van der Waals surface area contributed by atoms with Crippen LogP contribution in [0.1, 0.15) is 10.4 Å². The molecular weight excluding hydrogens is 440 g/mol. The van der Waals surface area contributed by atoms with Gasteiger partial charge in [0.1, 0.15) is 5.03 Å². The van der Waals surface area contributed by atoms with Crippen molar-refractivity contribution in [2.24, 2.45) is 0 Å². The van der Waals surface area contributed by atoms with Crippen molar-refractivity contribution in [3.05, 3.63) is 78.6 Å². The number of amides is 2. The van der Waals surface area contributed by atoms with Crippen molar-refractivity contribution in [3.63, 3.8) is 0 Å². The molecule has 0 bridgehead atoms. The number of benzene rings is 2. The Morgan fingerprint density at radius 2 is 1.67 bits per heavy atom. The fraction of sp³-hybridized carbons (Fsp3) is 0.0833. The second-order valence-electron chi connectivity index (χ2n) is 7.13. The summed E-state index contributed by atoms with van der Waals surface area (Å²) in [5.41, 5.74) is 2.50. The number of thioether (sulfide) groups is 1. The van der Waals surface area contributed by atoms with Crippen molar-refractivity contribution in [2.45, 2.75) is 5.03 Å². The zero-order valence-corrected chi connectivity index (χ0v) is 18.1. The van der Waals surface area contributed by atoms with Crippen LogP contribution in [-0.2, 0) is 4.79 Å². The molecule has 1 aliphatic heterocycles. The summed E-state index contributed by atoms with van der Waals surface area (Å²) >= 11 is 1.19. The van der Waals surface area contributed by atoms with E-state index in [2.05, 4.69) is 20.6 Å². The summed E-state index contributed by atoms with van der Waals surface area (Å²) in [7, 11) is 0. The molecule has 0 fully saturated rings. The standard InChI is InChI=1S/C24H18N4O4S/c29-22(27-17-6-8-20-21(12-17)32-14-31-20)13-33-24-18(4-2-10-26-24)23(30)28-16-5-7-19-15(11-16)3-1-9-25-19/h1-12H,13-14H2,(H,27,29)(H,28,30). The summed E-state index contributed by atoms with van der Waals surface area (Å²) in [6.45, 7) is 0.170. The lowest BCUT2D eigenvalue weighted by atomic mass is 10.2. The minimum Gasteiger partial charge on any atom is -0.454 e. The summed E-state index contributed by atoms with van der Waals surface area (Å²) in [5.74, 6) is 0.804.